The second-order valence-corrected chi connectivity index (χ2v) is 4.38. The number of hydrogen-bond acceptors (Lipinski definition) is 2. The number of hydrogen-bond donors (Lipinski definition) is 1. The van der Waals surface area contributed by atoms with Crippen molar-refractivity contribution in [3.05, 3.63) is 29.3 Å². The van der Waals surface area contributed by atoms with E-state index >= 15 is 0 Å². The number of nitrogens with zero attached hydrogens (tertiary/aromatic N) is 1. The molecule has 1 rings (SSSR count). The maximum atomic E-state index is 5.88. The molecule has 3 heteroatoms. The molecular formula is C12H19ClN2. The summed E-state index contributed by atoms with van der Waals surface area (Å²) in [6, 6.07) is 7.84. The van der Waals surface area contributed by atoms with Crippen LogP contribution in [-0.4, -0.2) is 32.1 Å². The zero-order chi connectivity index (χ0) is 11.1. The largest absolute Gasteiger partial charge is 0.385 e. The molecule has 0 bridgehead atoms. The van der Waals surface area contributed by atoms with Crippen LogP contribution in [0.15, 0.2) is 24.3 Å². The van der Waals surface area contributed by atoms with Crippen molar-refractivity contribution < 1.29 is 0 Å². The second kappa shape index (κ2) is 6.70. The van der Waals surface area contributed by atoms with Gasteiger partial charge in [-0.1, -0.05) is 17.7 Å². The van der Waals surface area contributed by atoms with Crippen molar-refractivity contribution in [2.75, 3.05) is 32.5 Å². The second-order valence-electron chi connectivity index (χ2n) is 3.95. The minimum atomic E-state index is 0.785. The molecule has 0 amide bonds. The molecule has 2 nitrogen and oxygen atoms in total. The summed E-state index contributed by atoms with van der Waals surface area (Å²) in [7, 11) is 4.20. The molecule has 15 heavy (non-hydrogen) atoms. The van der Waals surface area contributed by atoms with Crippen molar-refractivity contribution in [1.82, 2.24) is 4.90 Å². The summed E-state index contributed by atoms with van der Waals surface area (Å²) in [5.41, 5.74) is 1.10. The summed E-state index contributed by atoms with van der Waals surface area (Å²) >= 11 is 5.88. The highest BCUT2D eigenvalue weighted by atomic mass is 35.5. The Labute approximate surface area is 97.2 Å². The molecule has 0 fully saturated rings. The fraction of sp³-hybridized carbons (Fsp3) is 0.500. The van der Waals surface area contributed by atoms with E-state index in [1.165, 1.54) is 12.8 Å². The first kappa shape index (κ1) is 12.3. The predicted molar refractivity (Wildman–Crippen MR) is 67.7 cm³/mol. The van der Waals surface area contributed by atoms with Crippen LogP contribution in [0.25, 0.3) is 0 Å². The highest BCUT2D eigenvalue weighted by Gasteiger charge is 1.94. The van der Waals surface area contributed by atoms with Gasteiger partial charge in [0.1, 0.15) is 0 Å². The molecule has 0 spiro atoms. The summed E-state index contributed by atoms with van der Waals surface area (Å²) in [5.74, 6) is 0. The zero-order valence-corrected chi connectivity index (χ0v) is 10.2. The maximum absolute atomic E-state index is 5.88. The van der Waals surface area contributed by atoms with Gasteiger partial charge < -0.3 is 10.2 Å². The van der Waals surface area contributed by atoms with Gasteiger partial charge in [-0.05, 0) is 51.7 Å². The first-order valence-corrected chi connectivity index (χ1v) is 5.70. The van der Waals surface area contributed by atoms with Crippen LogP contribution in [0, 0.1) is 0 Å². The lowest BCUT2D eigenvalue weighted by atomic mass is 10.2. The number of rotatable bonds is 6. The van der Waals surface area contributed by atoms with E-state index in [4.69, 9.17) is 11.6 Å². The summed E-state index contributed by atoms with van der Waals surface area (Å²) in [4.78, 5) is 2.21. The fourth-order valence-corrected chi connectivity index (χ4v) is 1.57. The quantitative estimate of drug-likeness (QED) is 0.750. The van der Waals surface area contributed by atoms with Crippen LogP contribution >= 0.6 is 11.6 Å². The summed E-state index contributed by atoms with van der Waals surface area (Å²) < 4.78 is 0. The van der Waals surface area contributed by atoms with Gasteiger partial charge in [-0.15, -0.1) is 0 Å². The third kappa shape index (κ3) is 5.65. The normalized spacial score (nSPS) is 10.7. The molecule has 0 heterocycles. The molecule has 1 aromatic rings. The summed E-state index contributed by atoms with van der Waals surface area (Å²) in [5, 5.41) is 4.14. The average molecular weight is 227 g/mol. The lowest BCUT2D eigenvalue weighted by molar-refractivity contribution is 0.396. The molecule has 0 aliphatic carbocycles. The van der Waals surface area contributed by atoms with Crippen molar-refractivity contribution >= 4 is 17.3 Å². The number of anilines is 1. The van der Waals surface area contributed by atoms with Crippen molar-refractivity contribution in [2.45, 2.75) is 12.8 Å². The molecule has 1 N–H and O–H groups in total. The average Bonchev–Trinajstić information content (AvgIpc) is 2.17. The number of unbranched alkanes of at least 4 members (excludes halogenated alkanes) is 1. The third-order valence-corrected chi connectivity index (χ3v) is 2.42. The van der Waals surface area contributed by atoms with Gasteiger partial charge in [0, 0.05) is 17.3 Å². The lowest BCUT2D eigenvalue weighted by Gasteiger charge is -2.10. The highest BCUT2D eigenvalue weighted by molar-refractivity contribution is 6.30. The maximum Gasteiger partial charge on any atom is 0.0426 e. The van der Waals surface area contributed by atoms with Crippen molar-refractivity contribution in [3.63, 3.8) is 0 Å². The van der Waals surface area contributed by atoms with Crippen LogP contribution in [0.1, 0.15) is 12.8 Å². The van der Waals surface area contributed by atoms with Gasteiger partial charge in [0.2, 0.25) is 0 Å². The van der Waals surface area contributed by atoms with Crippen LogP contribution in [0.5, 0.6) is 0 Å². The van der Waals surface area contributed by atoms with Gasteiger partial charge in [0.15, 0.2) is 0 Å². The predicted octanol–water partition coefficient (Wildman–Crippen LogP) is 3.09. The monoisotopic (exact) mass is 226 g/mol. The van der Waals surface area contributed by atoms with E-state index in [-0.39, 0.29) is 0 Å². The van der Waals surface area contributed by atoms with E-state index in [1.54, 1.807) is 0 Å². The van der Waals surface area contributed by atoms with Gasteiger partial charge in [0.25, 0.3) is 0 Å². The number of halogens is 1. The summed E-state index contributed by atoms with van der Waals surface area (Å²) in [6.07, 6.45) is 2.41. The molecule has 0 unspecified atom stereocenters. The Hall–Kier alpha value is -0.730. The highest BCUT2D eigenvalue weighted by Crippen LogP contribution is 2.14. The molecule has 0 saturated heterocycles. The van der Waals surface area contributed by atoms with Crippen molar-refractivity contribution in [2.24, 2.45) is 0 Å². The number of nitrogens with one attached hydrogen (secondary N) is 1. The Kier molecular flexibility index (Phi) is 5.51. The Morgan fingerprint density at radius 1 is 1.27 bits per heavy atom. The molecule has 0 aliphatic rings. The molecule has 0 saturated carbocycles. The van der Waals surface area contributed by atoms with E-state index in [0.29, 0.717) is 0 Å². The molecule has 0 aromatic heterocycles. The van der Waals surface area contributed by atoms with Gasteiger partial charge in [-0.2, -0.15) is 0 Å². The Morgan fingerprint density at radius 3 is 2.73 bits per heavy atom. The smallest absolute Gasteiger partial charge is 0.0426 e. The molecule has 0 aliphatic heterocycles. The van der Waals surface area contributed by atoms with Gasteiger partial charge in [-0.25, -0.2) is 0 Å². The van der Waals surface area contributed by atoms with Crippen LogP contribution in [0.2, 0.25) is 5.02 Å². The standard InChI is InChI=1S/C12H19ClN2/c1-15(2)9-4-3-8-14-12-7-5-6-11(13)10-12/h5-7,10,14H,3-4,8-9H2,1-2H3. The Bertz CT molecular complexity index is 287. The topological polar surface area (TPSA) is 15.3 Å². The minimum absolute atomic E-state index is 0.785. The van der Waals surface area contributed by atoms with Crippen LogP contribution < -0.4 is 5.32 Å². The van der Waals surface area contributed by atoms with Gasteiger partial charge in [-0.3, -0.25) is 0 Å². The fourth-order valence-electron chi connectivity index (χ4n) is 1.38. The van der Waals surface area contributed by atoms with Crippen LogP contribution in [0.3, 0.4) is 0 Å². The molecule has 0 atom stereocenters. The van der Waals surface area contributed by atoms with E-state index in [1.807, 2.05) is 24.3 Å². The molecular weight excluding hydrogens is 208 g/mol. The van der Waals surface area contributed by atoms with Crippen LogP contribution in [-0.2, 0) is 0 Å². The van der Waals surface area contributed by atoms with E-state index in [9.17, 15) is 0 Å². The minimum Gasteiger partial charge on any atom is -0.385 e. The van der Waals surface area contributed by atoms with E-state index in [0.717, 1.165) is 23.8 Å². The molecule has 1 aromatic carbocycles. The zero-order valence-electron chi connectivity index (χ0n) is 9.46. The van der Waals surface area contributed by atoms with Crippen LogP contribution in [0.4, 0.5) is 5.69 Å². The third-order valence-electron chi connectivity index (χ3n) is 2.19. The SMILES string of the molecule is CN(C)CCCCNc1cccc(Cl)c1. The lowest BCUT2D eigenvalue weighted by Crippen LogP contribution is -2.14. The van der Waals surface area contributed by atoms with E-state index in [2.05, 4.69) is 24.3 Å². The van der Waals surface area contributed by atoms with Gasteiger partial charge >= 0.3 is 0 Å². The first-order valence-electron chi connectivity index (χ1n) is 5.32. The number of benzene rings is 1. The van der Waals surface area contributed by atoms with Gasteiger partial charge in [0.05, 0.1) is 0 Å². The first-order chi connectivity index (χ1) is 7.18. The molecule has 0 radical (unpaired) electrons. The summed E-state index contributed by atoms with van der Waals surface area (Å²) in [6.45, 7) is 2.16. The Balaban J connectivity index is 2.15. The van der Waals surface area contributed by atoms with E-state index < -0.39 is 0 Å². The van der Waals surface area contributed by atoms with Crippen molar-refractivity contribution in [1.29, 1.82) is 0 Å². The van der Waals surface area contributed by atoms with Crippen molar-refractivity contribution in [3.8, 4) is 0 Å². The Morgan fingerprint density at radius 2 is 2.07 bits per heavy atom. The molecule has 84 valence electrons.